The van der Waals surface area contributed by atoms with Crippen molar-refractivity contribution in [1.29, 1.82) is 0 Å². The molecule has 1 aromatic carbocycles. The Morgan fingerprint density at radius 1 is 1.12 bits per heavy atom. The highest BCUT2D eigenvalue weighted by Gasteiger charge is 2.33. The van der Waals surface area contributed by atoms with Gasteiger partial charge in [-0.25, -0.2) is 13.2 Å². The van der Waals surface area contributed by atoms with Gasteiger partial charge in [0.15, 0.2) is 6.61 Å². The lowest BCUT2D eigenvalue weighted by Gasteiger charge is -2.34. The molecule has 1 heterocycles. The molecule has 0 aromatic heterocycles. The van der Waals surface area contributed by atoms with Crippen LogP contribution in [0.3, 0.4) is 0 Å². The lowest BCUT2D eigenvalue weighted by molar-refractivity contribution is -0.125. The third-order valence-corrected chi connectivity index (χ3v) is 8.31. The van der Waals surface area contributed by atoms with Crippen LogP contribution in [0.1, 0.15) is 57.3 Å². The summed E-state index contributed by atoms with van der Waals surface area (Å²) in [6, 6.07) is 5.81. The van der Waals surface area contributed by atoms with Crippen LogP contribution in [0.4, 0.5) is 0 Å². The van der Waals surface area contributed by atoms with Crippen LogP contribution in [0, 0.1) is 11.8 Å². The molecule has 8 nitrogen and oxygen atoms in total. The number of carbonyl (C=O) groups excluding carboxylic acids is 2. The molecule has 0 spiro atoms. The maximum atomic E-state index is 13.1. The van der Waals surface area contributed by atoms with E-state index in [4.69, 9.17) is 9.47 Å². The van der Waals surface area contributed by atoms with Crippen LogP contribution in [0.5, 0.6) is 0 Å². The first kappa shape index (κ1) is 24.7. The molecule has 1 saturated carbocycles. The van der Waals surface area contributed by atoms with Crippen LogP contribution in [-0.4, -0.2) is 62.5 Å². The minimum Gasteiger partial charge on any atom is -0.452 e. The maximum absolute atomic E-state index is 13.1. The van der Waals surface area contributed by atoms with Gasteiger partial charge in [-0.2, -0.15) is 4.31 Å². The van der Waals surface area contributed by atoms with E-state index >= 15 is 0 Å². The molecule has 178 valence electrons. The van der Waals surface area contributed by atoms with Crippen molar-refractivity contribution in [2.24, 2.45) is 11.8 Å². The van der Waals surface area contributed by atoms with Crippen molar-refractivity contribution in [3.63, 3.8) is 0 Å². The largest absolute Gasteiger partial charge is 0.452 e. The average molecular weight is 467 g/mol. The summed E-state index contributed by atoms with van der Waals surface area (Å²) < 4.78 is 38.2. The van der Waals surface area contributed by atoms with Crippen molar-refractivity contribution in [2.45, 2.75) is 70.1 Å². The molecule has 32 heavy (non-hydrogen) atoms. The number of sulfonamides is 1. The van der Waals surface area contributed by atoms with Gasteiger partial charge in [-0.3, -0.25) is 4.79 Å². The second-order valence-electron chi connectivity index (χ2n) is 9.12. The summed E-state index contributed by atoms with van der Waals surface area (Å²) in [7, 11) is -3.78. The minimum atomic E-state index is -3.78. The van der Waals surface area contributed by atoms with E-state index < -0.39 is 22.6 Å². The first-order valence-electron chi connectivity index (χ1n) is 11.3. The molecule has 0 bridgehead atoms. The quantitative estimate of drug-likeness (QED) is 0.647. The van der Waals surface area contributed by atoms with E-state index in [0.717, 1.165) is 19.3 Å². The van der Waals surface area contributed by atoms with Crippen LogP contribution in [0.15, 0.2) is 29.2 Å². The number of hydrogen-bond donors (Lipinski definition) is 1. The molecule has 1 aliphatic carbocycles. The zero-order valence-electron chi connectivity index (χ0n) is 19.2. The average Bonchev–Trinajstić information content (AvgIpc) is 2.74. The SMILES string of the molecule is C[C@H]1[C@H](C)CCC[C@H]1NC(=O)COC(=O)c1cccc(S(=O)(=O)N2C[C@@H](C)O[C@@H](C)C2)c1. The van der Waals surface area contributed by atoms with E-state index in [1.807, 2.05) is 13.8 Å². The summed E-state index contributed by atoms with van der Waals surface area (Å²) in [6.07, 6.45) is 2.72. The van der Waals surface area contributed by atoms with E-state index in [1.165, 1.54) is 28.6 Å². The second kappa shape index (κ2) is 10.3. The van der Waals surface area contributed by atoms with E-state index in [0.29, 0.717) is 11.8 Å². The molecular weight excluding hydrogens is 432 g/mol. The first-order valence-corrected chi connectivity index (χ1v) is 12.7. The smallest absolute Gasteiger partial charge is 0.338 e. The molecule has 2 fully saturated rings. The van der Waals surface area contributed by atoms with Crippen molar-refractivity contribution < 1.29 is 27.5 Å². The summed E-state index contributed by atoms with van der Waals surface area (Å²) in [5.41, 5.74) is 0.0906. The maximum Gasteiger partial charge on any atom is 0.338 e. The Balaban J connectivity index is 1.61. The Morgan fingerprint density at radius 2 is 1.81 bits per heavy atom. The standard InChI is InChI=1S/C23H34N2O6S/c1-15-7-5-10-21(18(15)4)24-22(26)14-30-23(27)19-8-6-9-20(11-19)32(28,29)25-12-16(2)31-17(3)13-25/h6,8-9,11,15-18,21H,5,7,10,12-14H2,1-4H3,(H,24,26)/t15-,16-,17+,18+,21-/m1/s1. The van der Waals surface area contributed by atoms with Crippen molar-refractivity contribution in [2.75, 3.05) is 19.7 Å². The Hall–Kier alpha value is -1.97. The fraction of sp³-hybridized carbons (Fsp3) is 0.652. The fourth-order valence-corrected chi connectivity index (χ4v) is 6.15. The first-order chi connectivity index (χ1) is 15.1. The molecule has 0 unspecified atom stereocenters. The van der Waals surface area contributed by atoms with Gasteiger partial charge in [0.05, 0.1) is 22.7 Å². The number of hydrogen-bond acceptors (Lipinski definition) is 6. The number of nitrogens with zero attached hydrogens (tertiary/aromatic N) is 1. The minimum absolute atomic E-state index is 0.0164. The molecular formula is C23H34N2O6S. The zero-order valence-corrected chi connectivity index (χ0v) is 20.1. The van der Waals surface area contributed by atoms with Gasteiger partial charge in [0.2, 0.25) is 10.0 Å². The van der Waals surface area contributed by atoms with E-state index in [2.05, 4.69) is 19.2 Å². The van der Waals surface area contributed by atoms with Crippen molar-refractivity contribution in [3.8, 4) is 0 Å². The zero-order chi connectivity index (χ0) is 23.5. The molecule has 9 heteroatoms. The predicted molar refractivity (Wildman–Crippen MR) is 120 cm³/mol. The Bertz CT molecular complexity index is 924. The number of rotatable bonds is 6. The molecule has 1 aromatic rings. The Morgan fingerprint density at radius 3 is 2.50 bits per heavy atom. The number of amides is 1. The van der Waals surface area contributed by atoms with Crippen molar-refractivity contribution >= 4 is 21.9 Å². The molecule has 1 amide bonds. The number of benzene rings is 1. The molecule has 1 N–H and O–H groups in total. The highest BCUT2D eigenvalue weighted by Crippen LogP contribution is 2.29. The summed E-state index contributed by atoms with van der Waals surface area (Å²) in [5, 5.41) is 2.96. The molecule has 0 radical (unpaired) electrons. The van der Waals surface area contributed by atoms with Crippen LogP contribution < -0.4 is 5.32 Å². The normalized spacial score (nSPS) is 29.3. The second-order valence-corrected chi connectivity index (χ2v) is 11.1. The molecule has 1 saturated heterocycles. The van der Waals surface area contributed by atoms with Gasteiger partial charge < -0.3 is 14.8 Å². The molecule has 3 rings (SSSR count). The van der Waals surface area contributed by atoms with E-state index in [9.17, 15) is 18.0 Å². The number of carbonyl (C=O) groups is 2. The third kappa shape index (κ3) is 5.88. The predicted octanol–water partition coefficient (Wildman–Crippen LogP) is 2.58. The topological polar surface area (TPSA) is 102 Å². The molecule has 5 atom stereocenters. The van der Waals surface area contributed by atoms with Crippen LogP contribution >= 0.6 is 0 Å². The lowest BCUT2D eigenvalue weighted by Crippen LogP contribution is -2.48. The summed E-state index contributed by atoms with van der Waals surface area (Å²) >= 11 is 0. The summed E-state index contributed by atoms with van der Waals surface area (Å²) in [4.78, 5) is 24.8. The van der Waals surface area contributed by atoms with Crippen molar-refractivity contribution in [1.82, 2.24) is 9.62 Å². The van der Waals surface area contributed by atoms with Gasteiger partial charge in [0.25, 0.3) is 5.91 Å². The van der Waals surface area contributed by atoms with Gasteiger partial charge in [0, 0.05) is 19.1 Å². The monoisotopic (exact) mass is 466 g/mol. The Labute approximate surface area is 190 Å². The number of ether oxygens (including phenoxy) is 2. The van der Waals surface area contributed by atoms with Crippen LogP contribution in [0.2, 0.25) is 0 Å². The fourth-order valence-electron chi connectivity index (χ4n) is 4.51. The number of esters is 1. The Kier molecular flexibility index (Phi) is 7.95. The number of nitrogens with one attached hydrogen (secondary N) is 1. The van der Waals surface area contributed by atoms with Gasteiger partial charge in [-0.15, -0.1) is 0 Å². The van der Waals surface area contributed by atoms with E-state index in [1.54, 1.807) is 0 Å². The van der Waals surface area contributed by atoms with Crippen LogP contribution in [-0.2, 0) is 24.3 Å². The van der Waals surface area contributed by atoms with E-state index in [-0.39, 0.29) is 47.7 Å². The van der Waals surface area contributed by atoms with Crippen LogP contribution in [0.25, 0.3) is 0 Å². The lowest BCUT2D eigenvalue weighted by atomic mass is 9.78. The van der Waals surface area contributed by atoms with Gasteiger partial charge in [-0.1, -0.05) is 32.8 Å². The highest BCUT2D eigenvalue weighted by atomic mass is 32.2. The molecule has 1 aliphatic heterocycles. The summed E-state index contributed by atoms with van der Waals surface area (Å²) in [5.74, 6) is -0.162. The van der Waals surface area contributed by atoms with Crippen molar-refractivity contribution in [3.05, 3.63) is 29.8 Å². The van der Waals surface area contributed by atoms with Gasteiger partial charge in [0.1, 0.15) is 0 Å². The van der Waals surface area contributed by atoms with Gasteiger partial charge in [-0.05, 0) is 50.3 Å². The number of morpholine rings is 1. The molecule has 2 aliphatic rings. The highest BCUT2D eigenvalue weighted by molar-refractivity contribution is 7.89. The van der Waals surface area contributed by atoms with Gasteiger partial charge >= 0.3 is 5.97 Å². The summed E-state index contributed by atoms with van der Waals surface area (Å²) in [6.45, 7) is 8.06. The third-order valence-electron chi connectivity index (χ3n) is 6.48.